The van der Waals surface area contributed by atoms with Gasteiger partial charge in [-0.1, -0.05) is 35.9 Å². The van der Waals surface area contributed by atoms with E-state index in [9.17, 15) is 18.0 Å². The van der Waals surface area contributed by atoms with Gasteiger partial charge < -0.3 is 19.3 Å². The van der Waals surface area contributed by atoms with Gasteiger partial charge in [-0.15, -0.1) is 0 Å². The number of piperazine rings is 1. The second kappa shape index (κ2) is 11.5. The number of hydrogen-bond acceptors (Lipinski definition) is 7. The summed E-state index contributed by atoms with van der Waals surface area (Å²) < 4.78 is 55.2. The molecule has 4 aromatic rings. The molecule has 1 fully saturated rings. The minimum absolute atomic E-state index is 0.200. The van der Waals surface area contributed by atoms with Crippen molar-refractivity contribution < 1.29 is 27.4 Å². The number of alkyl halides is 3. The maximum Gasteiger partial charge on any atom is 0.416 e. The molecule has 1 aliphatic rings. The fourth-order valence-corrected chi connectivity index (χ4v) is 5.01. The van der Waals surface area contributed by atoms with Crippen LogP contribution in [0.3, 0.4) is 0 Å². The van der Waals surface area contributed by atoms with E-state index in [1.165, 1.54) is 18.7 Å². The second-order valence-corrected chi connectivity index (χ2v) is 10.1. The van der Waals surface area contributed by atoms with E-state index in [0.717, 1.165) is 29.2 Å². The van der Waals surface area contributed by atoms with Crippen LogP contribution in [-0.2, 0) is 12.6 Å². The van der Waals surface area contributed by atoms with Gasteiger partial charge in [0.1, 0.15) is 0 Å². The number of nitrogens with zero attached hydrogens (tertiary/aromatic N) is 4. The molecule has 5 rings (SSSR count). The fourth-order valence-electron chi connectivity index (χ4n) is 4.45. The smallest absolute Gasteiger partial charge is 0.416 e. The standard InChI is InChI=1S/C29H27F3N4O3S/c1-19-6-8-20(9-7-19)16-26-33-28(40-34-26)39-25-17-21(10-11-24(25)38-2)27(37)36-14-12-35(13-15-36)23-5-3-4-22(18-23)29(30,31)32/h3-11,17-18H,12-16H2,1-2H3. The summed E-state index contributed by atoms with van der Waals surface area (Å²) in [7, 11) is 1.51. The van der Waals surface area contributed by atoms with Crippen LogP contribution in [0, 0.1) is 6.92 Å². The molecule has 0 N–H and O–H groups in total. The number of methoxy groups -OCH3 is 1. The van der Waals surface area contributed by atoms with Crippen LogP contribution in [0.15, 0.2) is 66.7 Å². The minimum Gasteiger partial charge on any atom is -0.493 e. The van der Waals surface area contributed by atoms with Crippen molar-refractivity contribution in [2.75, 3.05) is 38.2 Å². The van der Waals surface area contributed by atoms with Crippen molar-refractivity contribution in [3.05, 3.63) is 94.8 Å². The molecular formula is C29H27F3N4O3S. The van der Waals surface area contributed by atoms with Gasteiger partial charge in [-0.2, -0.15) is 22.5 Å². The molecule has 0 atom stereocenters. The Morgan fingerprint density at radius 1 is 0.975 bits per heavy atom. The van der Waals surface area contributed by atoms with Gasteiger partial charge in [-0.25, -0.2) is 0 Å². The Bertz CT molecular complexity index is 1480. The van der Waals surface area contributed by atoms with Crippen LogP contribution in [0.5, 0.6) is 16.7 Å². The van der Waals surface area contributed by atoms with Gasteiger partial charge in [-0.3, -0.25) is 4.79 Å². The molecule has 1 aromatic heterocycles. The molecule has 11 heteroatoms. The molecule has 0 aliphatic carbocycles. The van der Waals surface area contributed by atoms with Crippen molar-refractivity contribution in [1.82, 2.24) is 14.3 Å². The van der Waals surface area contributed by atoms with Crippen molar-refractivity contribution in [1.29, 1.82) is 0 Å². The Morgan fingerprint density at radius 2 is 1.73 bits per heavy atom. The molecule has 0 unspecified atom stereocenters. The van der Waals surface area contributed by atoms with Crippen molar-refractivity contribution in [2.45, 2.75) is 19.5 Å². The number of anilines is 1. The Kier molecular flexibility index (Phi) is 7.92. The Balaban J connectivity index is 1.24. The minimum atomic E-state index is -4.40. The Hall–Kier alpha value is -4.12. The molecule has 2 heterocycles. The van der Waals surface area contributed by atoms with Crippen LogP contribution in [-0.4, -0.2) is 53.5 Å². The molecule has 0 saturated carbocycles. The average Bonchev–Trinajstić information content (AvgIpc) is 3.40. The molecule has 40 heavy (non-hydrogen) atoms. The Labute approximate surface area is 234 Å². The van der Waals surface area contributed by atoms with Crippen LogP contribution in [0.4, 0.5) is 18.9 Å². The van der Waals surface area contributed by atoms with Gasteiger partial charge in [0.05, 0.1) is 12.7 Å². The topological polar surface area (TPSA) is 67.8 Å². The summed E-state index contributed by atoms with van der Waals surface area (Å²) in [6.07, 6.45) is -3.83. The first kappa shape index (κ1) is 27.4. The summed E-state index contributed by atoms with van der Waals surface area (Å²) in [4.78, 5) is 21.3. The highest BCUT2D eigenvalue weighted by atomic mass is 32.1. The largest absolute Gasteiger partial charge is 0.493 e. The van der Waals surface area contributed by atoms with E-state index in [0.29, 0.717) is 66.4 Å². The normalized spacial score (nSPS) is 13.8. The summed E-state index contributed by atoms with van der Waals surface area (Å²) in [6, 6.07) is 18.3. The lowest BCUT2D eigenvalue weighted by atomic mass is 10.1. The van der Waals surface area contributed by atoms with Crippen LogP contribution in [0.1, 0.15) is 32.9 Å². The van der Waals surface area contributed by atoms with Gasteiger partial charge in [0.25, 0.3) is 11.1 Å². The molecule has 0 bridgehead atoms. The highest BCUT2D eigenvalue weighted by Gasteiger charge is 2.31. The van der Waals surface area contributed by atoms with E-state index < -0.39 is 11.7 Å². The van der Waals surface area contributed by atoms with Gasteiger partial charge in [-0.05, 0) is 48.9 Å². The first-order chi connectivity index (χ1) is 19.2. The van der Waals surface area contributed by atoms with Gasteiger partial charge in [0.15, 0.2) is 17.3 Å². The zero-order valence-corrected chi connectivity index (χ0v) is 22.8. The van der Waals surface area contributed by atoms with Crippen LogP contribution in [0.2, 0.25) is 0 Å². The molecule has 0 radical (unpaired) electrons. The molecule has 1 amide bonds. The predicted octanol–water partition coefficient (Wildman–Crippen LogP) is 6.22. The summed E-state index contributed by atoms with van der Waals surface area (Å²) >= 11 is 1.12. The third-order valence-electron chi connectivity index (χ3n) is 6.65. The SMILES string of the molecule is COc1ccc(C(=O)N2CCN(c3cccc(C(F)(F)F)c3)CC2)cc1Oc1nc(Cc2ccc(C)cc2)ns1. The Morgan fingerprint density at radius 3 is 2.42 bits per heavy atom. The van der Waals surface area contributed by atoms with Crippen molar-refractivity contribution in [3.63, 3.8) is 0 Å². The molecule has 208 valence electrons. The average molecular weight is 569 g/mol. The third kappa shape index (κ3) is 6.36. The number of halogens is 3. The maximum atomic E-state index is 13.3. The number of carbonyl (C=O) groups excluding carboxylic acids is 1. The number of aromatic nitrogens is 2. The monoisotopic (exact) mass is 568 g/mol. The highest BCUT2D eigenvalue weighted by molar-refractivity contribution is 7.07. The predicted molar refractivity (Wildman–Crippen MR) is 147 cm³/mol. The number of rotatable bonds is 7. The van der Waals surface area contributed by atoms with Crippen molar-refractivity contribution in [3.8, 4) is 16.7 Å². The van der Waals surface area contributed by atoms with Crippen LogP contribution in [0.25, 0.3) is 0 Å². The van der Waals surface area contributed by atoms with Gasteiger partial charge >= 0.3 is 6.18 Å². The number of amides is 1. The number of ether oxygens (including phenoxy) is 2. The van der Waals surface area contributed by atoms with Crippen molar-refractivity contribution >= 4 is 23.1 Å². The van der Waals surface area contributed by atoms with E-state index in [-0.39, 0.29) is 5.91 Å². The molecule has 7 nitrogen and oxygen atoms in total. The highest BCUT2D eigenvalue weighted by Crippen LogP contribution is 2.34. The molecule has 0 spiro atoms. The molecule has 3 aromatic carbocycles. The lowest BCUT2D eigenvalue weighted by Crippen LogP contribution is -2.48. The number of carbonyl (C=O) groups is 1. The van der Waals surface area contributed by atoms with Crippen LogP contribution < -0.4 is 14.4 Å². The van der Waals surface area contributed by atoms with Gasteiger partial charge in [0, 0.05) is 55.4 Å². The maximum absolute atomic E-state index is 13.3. The molecule has 1 aliphatic heterocycles. The first-order valence-electron chi connectivity index (χ1n) is 12.6. The van der Waals surface area contributed by atoms with E-state index in [1.54, 1.807) is 29.2 Å². The third-order valence-corrected chi connectivity index (χ3v) is 7.28. The molecule has 1 saturated heterocycles. The summed E-state index contributed by atoms with van der Waals surface area (Å²) in [5.74, 6) is 1.22. The van der Waals surface area contributed by atoms with Crippen LogP contribution >= 0.6 is 11.5 Å². The summed E-state index contributed by atoms with van der Waals surface area (Å²) in [5, 5.41) is 0.333. The fraction of sp³-hybridized carbons (Fsp3) is 0.276. The van der Waals surface area contributed by atoms with E-state index >= 15 is 0 Å². The number of hydrogen-bond donors (Lipinski definition) is 0. The molecular weight excluding hydrogens is 541 g/mol. The van der Waals surface area contributed by atoms with E-state index in [2.05, 4.69) is 9.36 Å². The second-order valence-electron chi connectivity index (χ2n) is 9.43. The first-order valence-corrected chi connectivity index (χ1v) is 13.4. The van der Waals surface area contributed by atoms with Gasteiger partial charge in [0.2, 0.25) is 0 Å². The zero-order valence-electron chi connectivity index (χ0n) is 21.9. The number of benzene rings is 3. The number of aryl methyl sites for hydroxylation is 1. The lowest BCUT2D eigenvalue weighted by Gasteiger charge is -2.36. The zero-order chi connectivity index (χ0) is 28.3. The summed E-state index contributed by atoms with van der Waals surface area (Å²) in [6.45, 7) is 3.61. The quantitative estimate of drug-likeness (QED) is 0.264. The van der Waals surface area contributed by atoms with Crippen molar-refractivity contribution in [2.24, 2.45) is 0 Å². The summed E-state index contributed by atoms with van der Waals surface area (Å²) in [5.41, 5.74) is 2.48. The van der Waals surface area contributed by atoms with E-state index in [1.807, 2.05) is 36.1 Å². The lowest BCUT2D eigenvalue weighted by molar-refractivity contribution is -0.137. The van der Waals surface area contributed by atoms with E-state index in [4.69, 9.17) is 9.47 Å².